The van der Waals surface area contributed by atoms with Crippen molar-refractivity contribution in [1.82, 2.24) is 15.1 Å². The highest BCUT2D eigenvalue weighted by Gasteiger charge is 2.53. The van der Waals surface area contributed by atoms with Gasteiger partial charge >= 0.3 is 0 Å². The Bertz CT molecular complexity index is 513. The average molecular weight is 287 g/mol. The van der Waals surface area contributed by atoms with Gasteiger partial charge in [-0.05, 0) is 70.1 Å². The molecule has 1 N–H and O–H groups in total. The van der Waals surface area contributed by atoms with Crippen LogP contribution < -0.4 is 5.32 Å². The van der Waals surface area contributed by atoms with Crippen LogP contribution in [0.1, 0.15) is 58.4 Å². The zero-order chi connectivity index (χ0) is 14.6. The molecule has 21 heavy (non-hydrogen) atoms. The summed E-state index contributed by atoms with van der Waals surface area (Å²) >= 11 is 0. The topological polar surface area (TPSA) is 29.9 Å². The minimum atomic E-state index is 0.0851. The Morgan fingerprint density at radius 2 is 2.00 bits per heavy atom. The monoisotopic (exact) mass is 287 g/mol. The summed E-state index contributed by atoms with van der Waals surface area (Å²) in [7, 11) is 0. The van der Waals surface area contributed by atoms with E-state index in [0.717, 1.165) is 36.3 Å². The Morgan fingerprint density at radius 1 is 1.19 bits per heavy atom. The molecule has 3 heteroatoms. The fourth-order valence-corrected chi connectivity index (χ4v) is 5.37. The lowest BCUT2D eigenvalue weighted by Gasteiger charge is -2.32. The van der Waals surface area contributed by atoms with E-state index in [1.165, 1.54) is 37.7 Å². The predicted molar refractivity (Wildman–Crippen MR) is 84.9 cm³/mol. The Labute approximate surface area is 128 Å². The van der Waals surface area contributed by atoms with E-state index >= 15 is 0 Å². The highest BCUT2D eigenvalue weighted by atomic mass is 15.3. The quantitative estimate of drug-likeness (QED) is 0.921. The molecule has 3 aliphatic carbocycles. The molecule has 3 saturated carbocycles. The van der Waals surface area contributed by atoms with Gasteiger partial charge in [-0.1, -0.05) is 6.42 Å². The van der Waals surface area contributed by atoms with Crippen LogP contribution in [0.4, 0.5) is 0 Å². The maximum Gasteiger partial charge on any atom is 0.0543 e. The lowest BCUT2D eigenvalue weighted by molar-refractivity contribution is 0.208. The lowest BCUT2D eigenvalue weighted by Crippen LogP contribution is -2.38. The van der Waals surface area contributed by atoms with Gasteiger partial charge in [-0.2, -0.15) is 5.10 Å². The van der Waals surface area contributed by atoms with Crippen molar-refractivity contribution in [3.8, 4) is 0 Å². The highest BCUT2D eigenvalue weighted by Crippen LogP contribution is 2.58. The standard InChI is InChI=1S/C18H29N3/c1-18(2,3)21-11-12(10-20-21)9-19-17-8-13-7-16(17)15-6-4-5-14(13)15/h10-11,13-17,19H,4-9H2,1-3H3. The largest absolute Gasteiger partial charge is 0.310 e. The molecule has 0 amide bonds. The van der Waals surface area contributed by atoms with Crippen molar-refractivity contribution in [2.45, 2.75) is 71.0 Å². The molecule has 5 unspecified atom stereocenters. The Hall–Kier alpha value is -0.830. The molecule has 1 heterocycles. The molecule has 2 bridgehead atoms. The van der Waals surface area contributed by atoms with Gasteiger partial charge in [0.1, 0.15) is 0 Å². The van der Waals surface area contributed by atoms with Gasteiger partial charge in [-0.25, -0.2) is 0 Å². The first-order chi connectivity index (χ1) is 10.0. The summed E-state index contributed by atoms with van der Waals surface area (Å²) in [6.07, 6.45) is 11.7. The zero-order valence-electron chi connectivity index (χ0n) is 13.7. The van der Waals surface area contributed by atoms with Gasteiger partial charge in [0.05, 0.1) is 11.7 Å². The normalized spacial score (nSPS) is 38.1. The lowest BCUT2D eigenvalue weighted by atomic mass is 9.79. The molecule has 0 spiro atoms. The van der Waals surface area contributed by atoms with Gasteiger partial charge in [0.15, 0.2) is 0 Å². The van der Waals surface area contributed by atoms with Crippen LogP contribution in [0.3, 0.4) is 0 Å². The van der Waals surface area contributed by atoms with E-state index in [9.17, 15) is 0 Å². The van der Waals surface area contributed by atoms with Gasteiger partial charge in [-0.3, -0.25) is 4.68 Å². The molecule has 0 radical (unpaired) electrons. The van der Waals surface area contributed by atoms with E-state index in [0.29, 0.717) is 0 Å². The number of hydrogen-bond donors (Lipinski definition) is 1. The van der Waals surface area contributed by atoms with E-state index in [4.69, 9.17) is 0 Å². The predicted octanol–water partition coefficient (Wildman–Crippen LogP) is 3.55. The Balaban J connectivity index is 1.37. The van der Waals surface area contributed by atoms with E-state index in [-0.39, 0.29) is 5.54 Å². The van der Waals surface area contributed by atoms with Crippen molar-refractivity contribution < 1.29 is 0 Å². The summed E-state index contributed by atoms with van der Waals surface area (Å²) in [6, 6.07) is 0.771. The number of nitrogens with one attached hydrogen (secondary N) is 1. The van der Waals surface area contributed by atoms with E-state index in [1.807, 2.05) is 6.20 Å². The minimum absolute atomic E-state index is 0.0851. The molecule has 1 aromatic heterocycles. The van der Waals surface area contributed by atoms with E-state index in [1.54, 1.807) is 0 Å². The molecule has 0 aliphatic heterocycles. The average Bonchev–Trinajstić information content (AvgIpc) is 3.16. The first-order valence-corrected chi connectivity index (χ1v) is 8.80. The molecule has 4 rings (SSSR count). The van der Waals surface area contributed by atoms with E-state index < -0.39 is 0 Å². The first-order valence-electron chi connectivity index (χ1n) is 8.80. The number of nitrogens with zero attached hydrogens (tertiary/aromatic N) is 2. The molecule has 0 aromatic carbocycles. The molecule has 3 aliphatic rings. The number of rotatable bonds is 3. The Kier molecular flexibility index (Phi) is 3.18. The fraction of sp³-hybridized carbons (Fsp3) is 0.833. The third-order valence-electron chi connectivity index (χ3n) is 6.32. The van der Waals surface area contributed by atoms with Crippen molar-refractivity contribution in [1.29, 1.82) is 0 Å². The summed E-state index contributed by atoms with van der Waals surface area (Å²) in [6.45, 7) is 7.59. The van der Waals surface area contributed by atoms with Crippen molar-refractivity contribution in [2.75, 3.05) is 0 Å². The number of aromatic nitrogens is 2. The number of hydrogen-bond acceptors (Lipinski definition) is 2. The summed E-state index contributed by atoms with van der Waals surface area (Å²) in [5, 5.41) is 8.36. The number of fused-ring (bicyclic) bond motifs is 5. The molecule has 0 saturated heterocycles. The molecular formula is C18H29N3. The summed E-state index contributed by atoms with van der Waals surface area (Å²) in [5.41, 5.74) is 1.41. The summed E-state index contributed by atoms with van der Waals surface area (Å²) in [4.78, 5) is 0. The van der Waals surface area contributed by atoms with Crippen LogP contribution >= 0.6 is 0 Å². The van der Waals surface area contributed by atoms with Crippen LogP contribution in [0.25, 0.3) is 0 Å². The molecular weight excluding hydrogens is 258 g/mol. The summed E-state index contributed by atoms with van der Waals surface area (Å²) in [5.74, 6) is 4.16. The third-order valence-corrected chi connectivity index (χ3v) is 6.32. The second-order valence-electron chi connectivity index (χ2n) is 8.61. The first kappa shape index (κ1) is 13.8. The fourth-order valence-electron chi connectivity index (χ4n) is 5.37. The van der Waals surface area contributed by atoms with Crippen LogP contribution in [-0.4, -0.2) is 15.8 Å². The van der Waals surface area contributed by atoms with Crippen LogP contribution in [0.2, 0.25) is 0 Å². The van der Waals surface area contributed by atoms with Gasteiger partial charge in [0.2, 0.25) is 0 Å². The molecule has 1 aromatic rings. The van der Waals surface area contributed by atoms with Crippen molar-refractivity contribution in [3.63, 3.8) is 0 Å². The van der Waals surface area contributed by atoms with Crippen molar-refractivity contribution >= 4 is 0 Å². The maximum absolute atomic E-state index is 4.51. The highest BCUT2D eigenvalue weighted by molar-refractivity contribution is 5.09. The van der Waals surface area contributed by atoms with Gasteiger partial charge in [0.25, 0.3) is 0 Å². The van der Waals surface area contributed by atoms with Gasteiger partial charge in [0, 0.05) is 24.3 Å². The van der Waals surface area contributed by atoms with E-state index in [2.05, 4.69) is 42.1 Å². The molecule has 3 nitrogen and oxygen atoms in total. The van der Waals surface area contributed by atoms with Crippen molar-refractivity contribution in [3.05, 3.63) is 18.0 Å². The van der Waals surface area contributed by atoms with Crippen LogP contribution in [0.15, 0.2) is 12.4 Å². The SMILES string of the molecule is CC(C)(C)n1cc(CNC2CC3CC2C2CCCC32)cn1. The molecule has 116 valence electrons. The summed E-state index contributed by atoms with van der Waals surface area (Å²) < 4.78 is 2.08. The Morgan fingerprint density at radius 3 is 2.76 bits per heavy atom. The van der Waals surface area contributed by atoms with Gasteiger partial charge in [-0.15, -0.1) is 0 Å². The minimum Gasteiger partial charge on any atom is -0.310 e. The van der Waals surface area contributed by atoms with Gasteiger partial charge < -0.3 is 5.32 Å². The zero-order valence-corrected chi connectivity index (χ0v) is 13.7. The van der Waals surface area contributed by atoms with Crippen LogP contribution in [0, 0.1) is 23.7 Å². The maximum atomic E-state index is 4.51. The second-order valence-corrected chi connectivity index (χ2v) is 8.61. The van der Waals surface area contributed by atoms with Crippen LogP contribution in [0.5, 0.6) is 0 Å². The van der Waals surface area contributed by atoms with Crippen molar-refractivity contribution in [2.24, 2.45) is 23.7 Å². The molecule has 3 fully saturated rings. The van der Waals surface area contributed by atoms with Crippen LogP contribution in [-0.2, 0) is 12.1 Å². The molecule has 5 atom stereocenters. The third kappa shape index (κ3) is 2.34. The second kappa shape index (κ2) is 4.84. The smallest absolute Gasteiger partial charge is 0.0543 e.